The summed E-state index contributed by atoms with van der Waals surface area (Å²) in [4.78, 5) is 2.61. The molecule has 20 heavy (non-hydrogen) atoms. The van der Waals surface area contributed by atoms with E-state index in [0.717, 1.165) is 6.61 Å². The molecule has 0 N–H and O–H groups in total. The molecule has 1 unspecified atom stereocenters. The maximum atomic E-state index is 6.11. The summed E-state index contributed by atoms with van der Waals surface area (Å²) in [5.41, 5.74) is 1.42. The Kier molecular flexibility index (Phi) is 8.30. The normalized spacial score (nSPS) is 19.7. The van der Waals surface area contributed by atoms with Crippen molar-refractivity contribution in [3.63, 3.8) is 0 Å². The number of rotatable bonds is 4. The lowest BCUT2D eigenvalue weighted by molar-refractivity contribution is 0.0163. The van der Waals surface area contributed by atoms with Crippen LogP contribution in [0, 0.1) is 17.8 Å². The van der Waals surface area contributed by atoms with Crippen LogP contribution in [0.5, 0.6) is 0 Å². The van der Waals surface area contributed by atoms with E-state index >= 15 is 0 Å². The van der Waals surface area contributed by atoms with Gasteiger partial charge in [-0.3, -0.25) is 0 Å². The molecule has 120 valence electrons. The van der Waals surface area contributed by atoms with Crippen molar-refractivity contribution in [2.24, 2.45) is 17.8 Å². The second-order valence-electron chi connectivity index (χ2n) is 6.68. The Morgan fingerprint density at radius 3 is 1.70 bits per heavy atom. The lowest BCUT2D eigenvalue weighted by atomic mass is 9.93. The number of ether oxygens (including phenoxy) is 1. The molecule has 0 amide bonds. The molecule has 1 aliphatic rings. The monoisotopic (exact) mass is 283 g/mol. The maximum Gasteiger partial charge on any atom is 0.118 e. The smallest absolute Gasteiger partial charge is 0.118 e. The van der Waals surface area contributed by atoms with Crippen molar-refractivity contribution in [1.29, 1.82) is 0 Å². The molecule has 2 nitrogen and oxygen atoms in total. The summed E-state index contributed by atoms with van der Waals surface area (Å²) in [6, 6.07) is 1.04. The van der Waals surface area contributed by atoms with Crippen LogP contribution in [0.1, 0.15) is 69.2 Å². The van der Waals surface area contributed by atoms with E-state index in [1.165, 1.54) is 11.5 Å². The molecular weight excluding hydrogens is 246 g/mol. The summed E-state index contributed by atoms with van der Waals surface area (Å²) in [5.74, 6) is 2.81. The first-order valence-corrected chi connectivity index (χ1v) is 8.42. The first kappa shape index (κ1) is 19.3. The van der Waals surface area contributed by atoms with Crippen LogP contribution in [0.3, 0.4) is 0 Å². The van der Waals surface area contributed by atoms with Gasteiger partial charge in [0.2, 0.25) is 0 Å². The minimum Gasteiger partial charge on any atom is -0.494 e. The van der Waals surface area contributed by atoms with Crippen LogP contribution in [0.25, 0.3) is 0 Å². The first-order valence-electron chi connectivity index (χ1n) is 8.42. The van der Waals surface area contributed by atoms with Gasteiger partial charge in [0.15, 0.2) is 0 Å². The quantitative estimate of drug-likeness (QED) is 0.694. The SMILES string of the molecule is CC.CC(C)C1=C(C(C)C)N(C(C)C)C(C(C)C)CO1. The summed E-state index contributed by atoms with van der Waals surface area (Å²) >= 11 is 0. The second kappa shape index (κ2) is 8.59. The molecule has 0 aromatic heterocycles. The number of hydrogen-bond donors (Lipinski definition) is 0. The third-order valence-electron chi connectivity index (χ3n) is 3.69. The highest BCUT2D eigenvalue weighted by Gasteiger charge is 2.35. The van der Waals surface area contributed by atoms with Gasteiger partial charge < -0.3 is 9.64 Å². The molecule has 0 saturated carbocycles. The van der Waals surface area contributed by atoms with E-state index < -0.39 is 0 Å². The fourth-order valence-corrected chi connectivity index (χ4v) is 2.86. The molecule has 1 rings (SSSR count). The van der Waals surface area contributed by atoms with E-state index in [1.807, 2.05) is 13.8 Å². The van der Waals surface area contributed by atoms with E-state index in [0.29, 0.717) is 29.8 Å². The zero-order valence-electron chi connectivity index (χ0n) is 15.4. The van der Waals surface area contributed by atoms with Gasteiger partial charge in [0.1, 0.15) is 12.4 Å². The van der Waals surface area contributed by atoms with Crippen molar-refractivity contribution in [3.05, 3.63) is 11.5 Å². The Hall–Kier alpha value is -0.660. The molecule has 1 atom stereocenters. The summed E-state index contributed by atoms with van der Waals surface area (Å²) in [6.45, 7) is 23.0. The van der Waals surface area contributed by atoms with Gasteiger partial charge in [-0.25, -0.2) is 0 Å². The molecule has 0 spiro atoms. The zero-order chi connectivity index (χ0) is 16.0. The molecule has 0 radical (unpaired) electrons. The Labute approximate surface area is 127 Å². The molecule has 0 fully saturated rings. The Morgan fingerprint density at radius 1 is 0.900 bits per heavy atom. The molecule has 0 saturated heterocycles. The third-order valence-corrected chi connectivity index (χ3v) is 3.69. The van der Waals surface area contributed by atoms with Crippen LogP contribution >= 0.6 is 0 Å². The van der Waals surface area contributed by atoms with Gasteiger partial charge in [-0.15, -0.1) is 0 Å². The summed E-state index contributed by atoms with van der Waals surface area (Å²) in [7, 11) is 0. The van der Waals surface area contributed by atoms with Crippen LogP contribution < -0.4 is 0 Å². The van der Waals surface area contributed by atoms with Gasteiger partial charge in [0.05, 0.1) is 11.7 Å². The van der Waals surface area contributed by atoms with Crippen molar-refractivity contribution in [2.75, 3.05) is 6.61 Å². The highest BCUT2D eigenvalue weighted by atomic mass is 16.5. The van der Waals surface area contributed by atoms with E-state index in [1.54, 1.807) is 0 Å². The minimum absolute atomic E-state index is 0.469. The Bertz CT molecular complexity index is 303. The predicted molar refractivity (Wildman–Crippen MR) is 89.6 cm³/mol. The number of nitrogens with zero attached hydrogens (tertiary/aromatic N) is 1. The van der Waals surface area contributed by atoms with Crippen LogP contribution in [0.4, 0.5) is 0 Å². The molecular formula is C18H37NO. The van der Waals surface area contributed by atoms with Gasteiger partial charge in [0.25, 0.3) is 0 Å². The Balaban J connectivity index is 0.00000172. The van der Waals surface area contributed by atoms with Gasteiger partial charge in [-0.05, 0) is 25.7 Å². The fraction of sp³-hybridized carbons (Fsp3) is 0.889. The molecule has 0 aromatic carbocycles. The molecule has 0 aromatic rings. The van der Waals surface area contributed by atoms with Crippen LogP contribution in [-0.2, 0) is 4.74 Å². The van der Waals surface area contributed by atoms with E-state index in [9.17, 15) is 0 Å². The van der Waals surface area contributed by atoms with Crippen molar-refractivity contribution in [2.45, 2.75) is 81.3 Å². The molecule has 2 heteroatoms. The highest BCUT2D eigenvalue weighted by molar-refractivity contribution is 5.17. The van der Waals surface area contributed by atoms with Gasteiger partial charge in [0, 0.05) is 12.0 Å². The maximum absolute atomic E-state index is 6.11. The zero-order valence-corrected chi connectivity index (χ0v) is 15.4. The number of allylic oxidation sites excluding steroid dienone is 2. The molecule has 1 heterocycles. The van der Waals surface area contributed by atoms with Crippen molar-refractivity contribution < 1.29 is 4.74 Å². The topological polar surface area (TPSA) is 12.5 Å². The Morgan fingerprint density at radius 2 is 1.40 bits per heavy atom. The van der Waals surface area contributed by atoms with Gasteiger partial charge >= 0.3 is 0 Å². The average molecular weight is 284 g/mol. The van der Waals surface area contributed by atoms with Crippen LogP contribution in [-0.4, -0.2) is 23.6 Å². The third kappa shape index (κ3) is 4.43. The number of hydrogen-bond acceptors (Lipinski definition) is 2. The lowest BCUT2D eigenvalue weighted by Gasteiger charge is -2.47. The lowest BCUT2D eigenvalue weighted by Crippen LogP contribution is -2.50. The molecule has 0 bridgehead atoms. The molecule has 0 aliphatic carbocycles. The predicted octanol–water partition coefficient (Wildman–Crippen LogP) is 5.30. The first-order chi connectivity index (χ1) is 9.27. The van der Waals surface area contributed by atoms with Crippen molar-refractivity contribution in [1.82, 2.24) is 4.90 Å². The van der Waals surface area contributed by atoms with E-state index in [4.69, 9.17) is 4.74 Å². The summed E-state index contributed by atoms with van der Waals surface area (Å²) in [6.07, 6.45) is 0. The van der Waals surface area contributed by atoms with E-state index in [2.05, 4.69) is 60.3 Å². The standard InChI is InChI=1S/C16H31NO.C2H6/c1-10(2)14-9-18-16(12(5)6)15(11(3)4)17(14)13(7)8;1-2/h10-14H,9H2,1-8H3;1-2H3. The van der Waals surface area contributed by atoms with Gasteiger partial charge in [-0.1, -0.05) is 55.4 Å². The largest absolute Gasteiger partial charge is 0.494 e. The van der Waals surface area contributed by atoms with E-state index in [-0.39, 0.29) is 0 Å². The second-order valence-corrected chi connectivity index (χ2v) is 6.68. The summed E-state index contributed by atoms with van der Waals surface area (Å²) in [5, 5.41) is 0. The van der Waals surface area contributed by atoms with Crippen LogP contribution in [0.15, 0.2) is 11.5 Å². The highest BCUT2D eigenvalue weighted by Crippen LogP contribution is 2.35. The van der Waals surface area contributed by atoms with Crippen LogP contribution in [0.2, 0.25) is 0 Å². The van der Waals surface area contributed by atoms with Crippen molar-refractivity contribution in [3.8, 4) is 0 Å². The molecule has 1 aliphatic heterocycles. The minimum atomic E-state index is 0.469. The van der Waals surface area contributed by atoms with Gasteiger partial charge in [-0.2, -0.15) is 0 Å². The average Bonchev–Trinajstić information content (AvgIpc) is 2.38. The van der Waals surface area contributed by atoms with Crippen molar-refractivity contribution >= 4 is 0 Å². The fourth-order valence-electron chi connectivity index (χ4n) is 2.86. The summed E-state index contributed by atoms with van der Waals surface area (Å²) < 4.78 is 6.11.